The third-order valence-corrected chi connectivity index (χ3v) is 6.20. The zero-order valence-electron chi connectivity index (χ0n) is 20.1. The Balaban J connectivity index is 1.57. The molecule has 0 radical (unpaired) electrons. The fourth-order valence-electron chi connectivity index (χ4n) is 4.32. The van der Waals surface area contributed by atoms with Gasteiger partial charge in [0.2, 0.25) is 17.7 Å². The summed E-state index contributed by atoms with van der Waals surface area (Å²) in [6.45, 7) is 0.396. The predicted octanol–water partition coefficient (Wildman–Crippen LogP) is 2.67. The van der Waals surface area contributed by atoms with Gasteiger partial charge in [-0.1, -0.05) is 0 Å². The van der Waals surface area contributed by atoms with Crippen molar-refractivity contribution in [3.05, 3.63) is 58.4 Å². The number of H-pyrrole nitrogens is 1. The van der Waals surface area contributed by atoms with Gasteiger partial charge in [-0.15, -0.1) is 0 Å². The molecule has 38 heavy (non-hydrogen) atoms. The summed E-state index contributed by atoms with van der Waals surface area (Å²) in [4.78, 5) is 55.5. The van der Waals surface area contributed by atoms with Gasteiger partial charge in [0, 0.05) is 48.6 Å². The molecule has 13 heteroatoms. The Morgan fingerprint density at radius 2 is 2.13 bits per heavy atom. The molecule has 196 valence electrons. The van der Waals surface area contributed by atoms with E-state index in [1.807, 2.05) is 0 Å². The van der Waals surface area contributed by atoms with Crippen LogP contribution in [0, 0.1) is 21.4 Å². The first kappa shape index (κ1) is 26.1. The maximum atomic E-state index is 13.4. The summed E-state index contributed by atoms with van der Waals surface area (Å²) in [5.41, 5.74) is 1.26. The first-order valence-electron chi connectivity index (χ1n) is 11.8. The molecular formula is C25H24N6O7. The van der Waals surface area contributed by atoms with Crippen molar-refractivity contribution in [3.63, 3.8) is 0 Å². The minimum Gasteiger partial charge on any atom is -0.481 e. The normalized spacial score (nSPS) is 15.6. The number of fused-ring (bicyclic) bond motifs is 1. The summed E-state index contributed by atoms with van der Waals surface area (Å²) in [5, 5.41) is 32.5. The fraction of sp³-hybridized carbons (Fsp3) is 0.320. The highest BCUT2D eigenvalue weighted by molar-refractivity contribution is 5.91. The molecule has 3 heterocycles. The number of carbonyl (C=O) groups excluding carboxylic acids is 2. The molecule has 13 nitrogen and oxygen atoms in total. The molecule has 1 saturated heterocycles. The first-order valence-corrected chi connectivity index (χ1v) is 11.8. The van der Waals surface area contributed by atoms with Crippen LogP contribution in [0.25, 0.3) is 10.9 Å². The zero-order chi connectivity index (χ0) is 27.2. The van der Waals surface area contributed by atoms with Crippen LogP contribution >= 0.6 is 0 Å². The Morgan fingerprint density at radius 3 is 2.82 bits per heavy atom. The highest BCUT2D eigenvalue weighted by Gasteiger charge is 2.34. The van der Waals surface area contributed by atoms with Crippen LogP contribution in [-0.4, -0.2) is 61.3 Å². The maximum Gasteiger partial charge on any atom is 0.303 e. The van der Waals surface area contributed by atoms with Crippen molar-refractivity contribution in [2.45, 2.75) is 44.2 Å². The monoisotopic (exact) mass is 520 g/mol. The molecule has 0 bridgehead atoms. The van der Waals surface area contributed by atoms with E-state index in [0.29, 0.717) is 36.1 Å². The third kappa shape index (κ3) is 6.04. The molecule has 2 atom stereocenters. The number of aromatic nitrogens is 2. The quantitative estimate of drug-likeness (QED) is 0.266. The lowest BCUT2D eigenvalue weighted by Gasteiger charge is -2.26. The minimum atomic E-state index is -1.13. The molecule has 0 spiro atoms. The van der Waals surface area contributed by atoms with Crippen LogP contribution in [0.1, 0.15) is 31.2 Å². The first-order chi connectivity index (χ1) is 18.2. The van der Waals surface area contributed by atoms with E-state index in [1.54, 1.807) is 24.4 Å². The molecule has 4 rings (SSSR count). The van der Waals surface area contributed by atoms with Crippen molar-refractivity contribution in [1.82, 2.24) is 20.2 Å². The molecule has 3 N–H and O–H groups in total. The number of carboxylic acid groups (broad SMARTS) is 1. The number of aromatic amines is 1. The maximum absolute atomic E-state index is 13.4. The minimum absolute atomic E-state index is 0.0888. The number of hydrogen-bond acceptors (Lipinski definition) is 8. The molecule has 1 fully saturated rings. The van der Waals surface area contributed by atoms with Gasteiger partial charge in [-0.2, -0.15) is 5.26 Å². The van der Waals surface area contributed by atoms with Crippen LogP contribution in [-0.2, 0) is 20.8 Å². The van der Waals surface area contributed by atoms with Gasteiger partial charge in [-0.05, 0) is 36.6 Å². The molecule has 0 aliphatic carbocycles. The second-order valence-electron chi connectivity index (χ2n) is 8.77. The molecule has 3 aromatic rings. The van der Waals surface area contributed by atoms with E-state index in [4.69, 9.17) is 9.84 Å². The molecule has 0 saturated carbocycles. The Morgan fingerprint density at radius 1 is 1.32 bits per heavy atom. The lowest BCUT2D eigenvalue weighted by molar-refractivity contribution is -0.385. The Labute approximate surface area is 216 Å². The van der Waals surface area contributed by atoms with Crippen molar-refractivity contribution in [2.75, 3.05) is 6.54 Å². The highest BCUT2D eigenvalue weighted by Crippen LogP contribution is 2.28. The van der Waals surface area contributed by atoms with Crippen LogP contribution in [0.5, 0.6) is 11.6 Å². The second kappa shape index (κ2) is 11.4. The number of pyridine rings is 1. The number of nitrogens with zero attached hydrogens (tertiary/aromatic N) is 4. The second-order valence-corrected chi connectivity index (χ2v) is 8.77. The molecule has 1 aliphatic heterocycles. The van der Waals surface area contributed by atoms with Crippen molar-refractivity contribution in [2.24, 2.45) is 0 Å². The van der Waals surface area contributed by atoms with E-state index < -0.39 is 34.8 Å². The van der Waals surface area contributed by atoms with Crippen LogP contribution in [0.15, 0.2) is 42.7 Å². The highest BCUT2D eigenvalue weighted by atomic mass is 16.6. The number of hydrogen-bond donors (Lipinski definition) is 3. The predicted molar refractivity (Wildman–Crippen MR) is 132 cm³/mol. The average Bonchev–Trinajstić information content (AvgIpc) is 3.54. The van der Waals surface area contributed by atoms with Crippen LogP contribution < -0.4 is 10.1 Å². The molecule has 1 aliphatic rings. The van der Waals surface area contributed by atoms with Crippen LogP contribution in [0.4, 0.5) is 5.69 Å². The van der Waals surface area contributed by atoms with E-state index in [-0.39, 0.29) is 30.8 Å². The van der Waals surface area contributed by atoms with E-state index in [1.165, 1.54) is 17.0 Å². The number of carbonyl (C=O) groups is 3. The summed E-state index contributed by atoms with van der Waals surface area (Å²) in [6, 6.07) is 8.34. The molecular weight excluding hydrogens is 496 g/mol. The average molecular weight is 521 g/mol. The van der Waals surface area contributed by atoms with E-state index >= 15 is 0 Å². The van der Waals surface area contributed by atoms with Crippen LogP contribution in [0.2, 0.25) is 0 Å². The summed E-state index contributed by atoms with van der Waals surface area (Å²) >= 11 is 0. The molecule has 1 aromatic carbocycles. The van der Waals surface area contributed by atoms with Gasteiger partial charge in [0.25, 0.3) is 5.69 Å². The number of likely N-dealkylation sites (tertiary alicyclic amines) is 1. The fourth-order valence-corrected chi connectivity index (χ4v) is 4.32. The summed E-state index contributed by atoms with van der Waals surface area (Å²) < 4.78 is 5.74. The number of nitro groups is 1. The number of ether oxygens (including phenoxy) is 1. The molecule has 2 amide bonds. The van der Waals surface area contributed by atoms with E-state index in [9.17, 15) is 29.8 Å². The number of nitriles is 1. The van der Waals surface area contributed by atoms with Gasteiger partial charge in [0.15, 0.2) is 0 Å². The summed E-state index contributed by atoms with van der Waals surface area (Å²) in [6.07, 6.45) is 3.45. The van der Waals surface area contributed by atoms with Gasteiger partial charge >= 0.3 is 5.97 Å². The summed E-state index contributed by atoms with van der Waals surface area (Å²) in [7, 11) is 0. The van der Waals surface area contributed by atoms with Crippen molar-refractivity contribution < 1.29 is 29.2 Å². The lowest BCUT2D eigenvalue weighted by Crippen LogP contribution is -2.50. The standard InChI is InChI=1S/C25H24N6O7/c26-12-16-2-1-9-30(16)25(35)21(29-22(32)6-8-24(33)34)10-15-13-27-20-5-4-18(11-19(15)20)38-23-7-3-17(14-28-23)31(36)37/h3-5,7,11,13-14,16,21,27H,1-2,6,8-10H2,(H,29,32)(H,33,34)/t16-,21-/m0/s1. The van der Waals surface area contributed by atoms with Crippen molar-refractivity contribution in [3.8, 4) is 17.7 Å². The number of carboxylic acids is 1. The smallest absolute Gasteiger partial charge is 0.303 e. The molecule has 0 unspecified atom stereocenters. The number of rotatable bonds is 10. The topological polar surface area (TPSA) is 192 Å². The number of amides is 2. The molecule has 2 aromatic heterocycles. The van der Waals surface area contributed by atoms with E-state index in [2.05, 4.69) is 21.4 Å². The zero-order valence-corrected chi connectivity index (χ0v) is 20.1. The van der Waals surface area contributed by atoms with Gasteiger partial charge in [-0.25, -0.2) is 4.98 Å². The SMILES string of the molecule is N#C[C@@H]1CCCN1C(=O)[C@H](Cc1c[nH]c2ccc(Oc3ccc([N+](=O)[O-])cn3)cc12)NC(=O)CCC(=O)O. The Bertz CT molecular complexity index is 1410. The number of aliphatic carboxylic acids is 1. The van der Waals surface area contributed by atoms with Crippen molar-refractivity contribution in [1.29, 1.82) is 5.26 Å². The number of nitrogens with one attached hydrogen (secondary N) is 2. The van der Waals surface area contributed by atoms with E-state index in [0.717, 1.165) is 11.7 Å². The van der Waals surface area contributed by atoms with Gasteiger partial charge in [0.1, 0.15) is 24.0 Å². The van der Waals surface area contributed by atoms with Crippen LogP contribution in [0.3, 0.4) is 0 Å². The third-order valence-electron chi connectivity index (χ3n) is 6.20. The number of benzene rings is 1. The van der Waals surface area contributed by atoms with Gasteiger partial charge in [-0.3, -0.25) is 24.5 Å². The summed E-state index contributed by atoms with van der Waals surface area (Å²) in [5.74, 6) is -1.56. The Hall–Kier alpha value is -4.99. The van der Waals surface area contributed by atoms with Gasteiger partial charge in [0.05, 0.1) is 17.4 Å². The largest absolute Gasteiger partial charge is 0.481 e. The van der Waals surface area contributed by atoms with Gasteiger partial charge < -0.3 is 25.0 Å². The lowest BCUT2D eigenvalue weighted by atomic mass is 10.0. The van der Waals surface area contributed by atoms with Crippen molar-refractivity contribution >= 4 is 34.4 Å². The Kier molecular flexibility index (Phi) is 7.81.